The van der Waals surface area contributed by atoms with Gasteiger partial charge in [-0.05, 0) is 176 Å². The molecule has 0 aromatic heterocycles. The fourth-order valence-electron chi connectivity index (χ4n) is 15.7. The lowest BCUT2D eigenvalue weighted by Gasteiger charge is -2.42. The van der Waals surface area contributed by atoms with Gasteiger partial charge in [-0.1, -0.05) is 48.5 Å². The number of benzene rings is 4. The monoisotopic (exact) mass is 1990 g/mol. The number of hydrogen-bond acceptors (Lipinski definition) is 36. The highest BCUT2D eigenvalue weighted by molar-refractivity contribution is 5.86. The number of alkyl carbamates (subject to hydrolysis) is 1. The number of fused-ring (bicyclic) bond motifs is 3. The summed E-state index contributed by atoms with van der Waals surface area (Å²) in [6.45, 7) is 23.4. The molecule has 0 aliphatic heterocycles. The molecule has 37 heteroatoms. The van der Waals surface area contributed by atoms with E-state index in [9.17, 15) is 45.6 Å². The lowest BCUT2D eigenvalue weighted by molar-refractivity contribution is -0.0710. The molecule has 0 fully saturated rings. The minimum atomic E-state index is -1.09. The third-order valence-electron chi connectivity index (χ3n) is 22.9. The molecule has 800 valence electrons. The first-order chi connectivity index (χ1) is 68.3. The topological polar surface area (TPSA) is 440 Å². The van der Waals surface area contributed by atoms with Crippen molar-refractivity contribution < 1.29 is 174 Å². The summed E-state index contributed by atoms with van der Waals surface area (Å²) in [5.41, 5.74) is 7.27. The van der Waals surface area contributed by atoms with Crippen molar-refractivity contribution in [3.05, 3.63) is 96.1 Å². The normalized spacial score (nSPS) is 14.0. The van der Waals surface area contributed by atoms with Gasteiger partial charge in [0.15, 0.2) is 0 Å². The molecule has 0 spiro atoms. The van der Waals surface area contributed by atoms with Crippen LogP contribution in [0, 0.1) is 35.5 Å². The van der Waals surface area contributed by atoms with Crippen LogP contribution in [0.4, 0.5) is 4.79 Å². The minimum Gasteiger partial charge on any atom is -0.494 e. The molecule has 9 N–H and O–H groups in total. The van der Waals surface area contributed by atoms with E-state index in [2.05, 4.69) is 53.8 Å². The van der Waals surface area contributed by atoms with Crippen LogP contribution in [0.5, 0.6) is 11.5 Å². The molecule has 0 heterocycles. The van der Waals surface area contributed by atoms with Crippen LogP contribution in [0.3, 0.4) is 0 Å². The fourth-order valence-corrected chi connectivity index (χ4v) is 15.7. The van der Waals surface area contributed by atoms with Gasteiger partial charge in [0.2, 0.25) is 0 Å². The number of aliphatic hydroxyl groups is 8. The lowest BCUT2D eigenvalue weighted by atomic mass is 9.67. The second-order valence-corrected chi connectivity index (χ2v) is 33.8. The maximum Gasteiger partial charge on any atom is 0.407 e. The second kappa shape index (κ2) is 83.6. The van der Waals surface area contributed by atoms with Gasteiger partial charge < -0.3 is 174 Å². The molecule has 37 nitrogen and oxygen atoms in total. The standard InChI is InChI=1S/C102H171NO36/c1-101(2,3)139-100(112)103-25-6-7-29-137-88-16-10-83(11-17-88)85-14-20-90-91-21-15-86(84-12-18-89(19-13-84)138-99(82-111)96(81-110)95(80-109)94(79-108)93(78-107)92(77-106)87(76-105)22-26-104)75-98(91)102(97(90)74-85,23-8-27-115-34-36-119-42-44-123-50-52-127-58-60-131-66-68-135-72-70-133-64-62-129-56-54-125-48-46-121-40-38-117-32-30-113-4)24-9-28-116-35-37-120-43-45-124-51-53-128-59-61-132-67-69-136-73-71-134-65-63-130-57-55-126-49-47-122-41-39-118-33-31-114-5/h10-21,74-75,87,92-96,99,104-111H,6-9,22-73,76-82H2,1-5H3,(H,103,112). The van der Waals surface area contributed by atoms with Crippen molar-refractivity contribution in [3.63, 3.8) is 0 Å². The summed E-state index contributed by atoms with van der Waals surface area (Å²) in [7, 11) is 3.27. The number of amides is 1. The van der Waals surface area contributed by atoms with Gasteiger partial charge in [0.05, 0.1) is 304 Å². The molecule has 0 saturated heterocycles. The van der Waals surface area contributed by atoms with Gasteiger partial charge >= 0.3 is 6.09 Å². The van der Waals surface area contributed by atoms with Crippen molar-refractivity contribution in [2.24, 2.45) is 35.5 Å². The highest BCUT2D eigenvalue weighted by Gasteiger charge is 2.45. The number of aliphatic hydroxyl groups excluding tert-OH is 8. The summed E-state index contributed by atoms with van der Waals surface area (Å²) >= 11 is 0. The first-order valence-corrected chi connectivity index (χ1v) is 49.6. The predicted octanol–water partition coefficient (Wildman–Crippen LogP) is 6.96. The smallest absolute Gasteiger partial charge is 0.407 e. The first kappa shape index (κ1) is 124. The zero-order valence-electron chi connectivity index (χ0n) is 83.7. The number of rotatable bonds is 99. The van der Waals surface area contributed by atoms with Gasteiger partial charge in [-0.3, -0.25) is 0 Å². The molecular weight excluding hydrogens is 1820 g/mol. The van der Waals surface area contributed by atoms with Crippen molar-refractivity contribution in [2.45, 2.75) is 82.8 Å². The molecule has 4 aromatic rings. The third-order valence-corrected chi connectivity index (χ3v) is 22.9. The fraction of sp³-hybridized carbons (Fsp3) is 0.755. The van der Waals surface area contributed by atoms with Crippen LogP contribution in [0.25, 0.3) is 33.4 Å². The number of hydrogen-bond donors (Lipinski definition) is 9. The van der Waals surface area contributed by atoms with E-state index in [0.717, 1.165) is 51.1 Å². The van der Waals surface area contributed by atoms with Crippen LogP contribution in [-0.4, -0.2) is 443 Å². The molecule has 1 amide bonds. The second-order valence-electron chi connectivity index (χ2n) is 33.8. The van der Waals surface area contributed by atoms with Crippen molar-refractivity contribution in [2.75, 3.05) is 384 Å². The Labute approximate surface area is 824 Å². The molecule has 5 rings (SSSR count). The summed E-state index contributed by atoms with van der Waals surface area (Å²) in [6, 6.07) is 28.8. The zero-order valence-corrected chi connectivity index (χ0v) is 83.7. The van der Waals surface area contributed by atoms with E-state index < -0.39 is 105 Å². The van der Waals surface area contributed by atoms with Crippen LogP contribution in [0.1, 0.15) is 76.8 Å². The number of nitrogens with one attached hydrogen (secondary N) is 1. The Morgan fingerprint density at radius 1 is 0.295 bits per heavy atom. The summed E-state index contributed by atoms with van der Waals surface area (Å²) in [5, 5.41) is 87.9. The van der Waals surface area contributed by atoms with Gasteiger partial charge in [-0.15, -0.1) is 0 Å². The Bertz CT molecular complexity index is 3410. The number of methoxy groups -OCH3 is 2. The van der Waals surface area contributed by atoms with E-state index in [0.29, 0.717) is 355 Å². The highest BCUT2D eigenvalue weighted by Crippen LogP contribution is 2.56. The molecular formula is C102H171NO36. The number of unbranched alkanes of at least 4 members (excludes halogenated alkanes) is 1. The lowest BCUT2D eigenvalue weighted by Crippen LogP contribution is -2.48. The Morgan fingerprint density at radius 2 is 0.568 bits per heavy atom. The molecule has 1 aliphatic rings. The summed E-state index contributed by atoms with van der Waals surface area (Å²) in [6.07, 6.45) is 2.85. The van der Waals surface area contributed by atoms with Gasteiger partial charge in [0.1, 0.15) is 23.2 Å². The first-order valence-electron chi connectivity index (χ1n) is 49.6. The van der Waals surface area contributed by atoms with E-state index in [1.165, 1.54) is 5.56 Å². The number of carbonyl (C=O) groups is 1. The quantitative estimate of drug-likeness (QED) is 0.0202. The van der Waals surface area contributed by atoms with E-state index in [1.54, 1.807) is 26.4 Å². The molecule has 4 aromatic carbocycles. The van der Waals surface area contributed by atoms with Crippen LogP contribution in [0.2, 0.25) is 0 Å². The van der Waals surface area contributed by atoms with E-state index >= 15 is 0 Å². The van der Waals surface area contributed by atoms with Gasteiger partial charge in [-0.25, -0.2) is 4.79 Å². The maximum atomic E-state index is 12.2. The molecule has 0 radical (unpaired) electrons. The van der Waals surface area contributed by atoms with Crippen molar-refractivity contribution >= 4 is 6.09 Å². The van der Waals surface area contributed by atoms with Crippen molar-refractivity contribution in [3.8, 4) is 44.9 Å². The molecule has 0 saturated carbocycles. The van der Waals surface area contributed by atoms with Crippen LogP contribution in [-0.2, 0) is 124 Å². The number of ether oxygens (including phenoxy) is 27. The SMILES string of the molecule is COCCOCCOCCOCCOCCOCCOCCOCCOCCOCCOCCOCCCC1(CCCOCCOCCOCCOCCOCCOCCOCCOCCOCCOCCOCCOC)c2cc(-c3ccc(OCCCCNC(=O)OC(C)(C)C)cc3)ccc2-c2ccc(-c3ccc(OC(CO)C(CO)C(CO)C(CO)C(CO)C(CO)C(CO)CCO)cc3)cc21. The highest BCUT2D eigenvalue weighted by atomic mass is 16.6. The summed E-state index contributed by atoms with van der Waals surface area (Å²) < 4.78 is 153. The minimum absolute atomic E-state index is 0.121. The predicted molar refractivity (Wildman–Crippen MR) is 519 cm³/mol. The summed E-state index contributed by atoms with van der Waals surface area (Å²) in [5.74, 6) is -3.99. The third kappa shape index (κ3) is 55.6. The van der Waals surface area contributed by atoms with Crippen LogP contribution < -0.4 is 14.8 Å². The average molecular weight is 1990 g/mol. The molecule has 7 unspecified atom stereocenters. The Kier molecular flexibility index (Phi) is 74.6. The van der Waals surface area contributed by atoms with Crippen molar-refractivity contribution in [1.82, 2.24) is 5.32 Å². The number of carbonyl (C=O) groups excluding carboxylic acids is 1. The Hall–Kier alpha value is -5.53. The van der Waals surface area contributed by atoms with Gasteiger partial charge in [0.25, 0.3) is 0 Å². The Balaban J connectivity index is 1.15. The van der Waals surface area contributed by atoms with E-state index in [1.807, 2.05) is 45.0 Å². The van der Waals surface area contributed by atoms with E-state index in [-0.39, 0.29) is 13.0 Å². The molecule has 7 atom stereocenters. The maximum absolute atomic E-state index is 12.2. The average Bonchev–Trinajstić information content (AvgIpc) is 1.56. The van der Waals surface area contributed by atoms with Crippen LogP contribution >= 0.6 is 0 Å². The van der Waals surface area contributed by atoms with Gasteiger partial charge in [-0.2, -0.15) is 0 Å². The largest absolute Gasteiger partial charge is 0.494 e. The van der Waals surface area contributed by atoms with Crippen molar-refractivity contribution in [1.29, 1.82) is 0 Å². The molecule has 1 aliphatic carbocycles. The Morgan fingerprint density at radius 3 is 0.842 bits per heavy atom. The molecule has 139 heavy (non-hydrogen) atoms. The molecule has 0 bridgehead atoms. The summed E-state index contributed by atoms with van der Waals surface area (Å²) in [4.78, 5) is 12.2. The van der Waals surface area contributed by atoms with Gasteiger partial charge in [0, 0.05) is 91.6 Å². The zero-order chi connectivity index (χ0) is 99.6. The van der Waals surface area contributed by atoms with Crippen LogP contribution in [0.15, 0.2) is 84.9 Å². The van der Waals surface area contributed by atoms with E-state index in [4.69, 9.17) is 128 Å².